The highest BCUT2D eigenvalue weighted by Crippen LogP contribution is 2.47. The molecule has 1 heterocycles. The molecular formula is C21H31N3O2. The number of carbonyl (C=O) groups excluding carboxylic acids is 2. The molecule has 0 radical (unpaired) electrons. The van der Waals surface area contributed by atoms with Crippen molar-refractivity contribution in [3.05, 3.63) is 29.3 Å². The van der Waals surface area contributed by atoms with E-state index in [0.29, 0.717) is 32.5 Å². The summed E-state index contributed by atoms with van der Waals surface area (Å²) in [6, 6.07) is 6.38. The average molecular weight is 357 g/mol. The van der Waals surface area contributed by atoms with Crippen molar-refractivity contribution in [1.29, 1.82) is 0 Å². The molecule has 1 aromatic rings. The minimum atomic E-state index is -0.769. The van der Waals surface area contributed by atoms with E-state index in [2.05, 4.69) is 49.2 Å². The van der Waals surface area contributed by atoms with Crippen LogP contribution >= 0.6 is 0 Å². The van der Waals surface area contributed by atoms with Gasteiger partial charge in [0.25, 0.3) is 0 Å². The van der Waals surface area contributed by atoms with Gasteiger partial charge in [-0.3, -0.25) is 9.59 Å². The van der Waals surface area contributed by atoms with Gasteiger partial charge in [0.15, 0.2) is 0 Å². The monoisotopic (exact) mass is 357 g/mol. The van der Waals surface area contributed by atoms with E-state index in [1.165, 1.54) is 16.8 Å². The Morgan fingerprint density at radius 3 is 2.42 bits per heavy atom. The van der Waals surface area contributed by atoms with Crippen LogP contribution in [0.1, 0.15) is 43.7 Å². The smallest absolute Gasteiger partial charge is 0.238 e. The molecular weight excluding hydrogens is 326 g/mol. The van der Waals surface area contributed by atoms with Crippen LogP contribution in [0.25, 0.3) is 0 Å². The van der Waals surface area contributed by atoms with E-state index in [1.807, 2.05) is 4.90 Å². The summed E-state index contributed by atoms with van der Waals surface area (Å²) in [5, 5.41) is 2.96. The highest BCUT2D eigenvalue weighted by atomic mass is 16.2. The van der Waals surface area contributed by atoms with Crippen molar-refractivity contribution in [2.45, 2.75) is 46.5 Å². The normalized spacial score (nSPS) is 18.6. The molecule has 0 aromatic heterocycles. The first-order valence-electron chi connectivity index (χ1n) is 9.88. The summed E-state index contributed by atoms with van der Waals surface area (Å²) >= 11 is 0. The molecule has 5 nitrogen and oxygen atoms in total. The maximum Gasteiger partial charge on any atom is 0.238 e. The number of nitrogens with one attached hydrogen (secondary N) is 1. The molecule has 1 saturated carbocycles. The lowest BCUT2D eigenvalue weighted by Gasteiger charge is -2.38. The quantitative estimate of drug-likeness (QED) is 0.629. The Morgan fingerprint density at radius 2 is 1.81 bits per heavy atom. The van der Waals surface area contributed by atoms with Crippen molar-refractivity contribution >= 4 is 17.5 Å². The molecule has 2 aliphatic rings. The molecule has 1 aromatic carbocycles. The number of hydrogen-bond donors (Lipinski definition) is 1. The van der Waals surface area contributed by atoms with Gasteiger partial charge in [0.05, 0.1) is 0 Å². The fraction of sp³-hybridized carbons (Fsp3) is 0.619. The summed E-state index contributed by atoms with van der Waals surface area (Å²) in [6.45, 7) is 10.1. The number of amides is 2. The molecule has 1 aliphatic heterocycles. The van der Waals surface area contributed by atoms with E-state index in [4.69, 9.17) is 0 Å². The zero-order valence-corrected chi connectivity index (χ0v) is 16.3. The number of unbranched alkanes of at least 4 members (excludes halogenated alkanes) is 1. The SMILES string of the molecule is CCCCNC(=O)C1(C(=O)N2CCN(c3cccc(C)c3C)CC2)CC1. The highest BCUT2D eigenvalue weighted by Gasteiger charge is 2.58. The molecule has 1 N–H and O–H groups in total. The summed E-state index contributed by atoms with van der Waals surface area (Å²) in [5.74, 6) is -0.0278. The van der Waals surface area contributed by atoms with Crippen LogP contribution in [-0.4, -0.2) is 49.4 Å². The Hall–Kier alpha value is -2.04. The molecule has 1 aliphatic carbocycles. The fourth-order valence-corrected chi connectivity index (χ4v) is 3.74. The standard InChI is InChI=1S/C21H31N3O2/c1-4-5-11-22-19(25)21(9-10-21)20(26)24-14-12-23(13-15-24)18-8-6-7-16(2)17(18)3/h6-8H,4-5,9-15H2,1-3H3,(H,22,25). The summed E-state index contributed by atoms with van der Waals surface area (Å²) in [5.41, 5.74) is 3.09. The summed E-state index contributed by atoms with van der Waals surface area (Å²) in [7, 11) is 0. The van der Waals surface area contributed by atoms with Crippen molar-refractivity contribution in [2.75, 3.05) is 37.6 Å². The van der Waals surface area contributed by atoms with E-state index < -0.39 is 5.41 Å². The molecule has 142 valence electrons. The third-order valence-corrected chi connectivity index (χ3v) is 5.89. The van der Waals surface area contributed by atoms with Gasteiger partial charge in [-0.1, -0.05) is 25.5 Å². The summed E-state index contributed by atoms with van der Waals surface area (Å²) in [4.78, 5) is 29.7. The minimum Gasteiger partial charge on any atom is -0.368 e. The lowest BCUT2D eigenvalue weighted by Crippen LogP contribution is -2.53. The number of hydrogen-bond acceptors (Lipinski definition) is 3. The first kappa shape index (κ1) is 18.7. The Morgan fingerprint density at radius 1 is 1.12 bits per heavy atom. The number of carbonyl (C=O) groups is 2. The van der Waals surface area contributed by atoms with Gasteiger partial charge in [0.2, 0.25) is 11.8 Å². The Bertz CT molecular complexity index is 674. The Kier molecular flexibility index (Phi) is 5.54. The lowest BCUT2D eigenvalue weighted by atomic mass is 10.0. The second kappa shape index (κ2) is 7.68. The molecule has 3 rings (SSSR count). The second-order valence-electron chi connectivity index (χ2n) is 7.69. The van der Waals surface area contributed by atoms with E-state index >= 15 is 0 Å². The maximum atomic E-state index is 13.0. The highest BCUT2D eigenvalue weighted by molar-refractivity contribution is 6.07. The van der Waals surface area contributed by atoms with Crippen molar-refractivity contribution in [3.8, 4) is 0 Å². The van der Waals surface area contributed by atoms with Gasteiger partial charge in [-0.15, -0.1) is 0 Å². The predicted molar refractivity (Wildman–Crippen MR) is 104 cm³/mol. The topological polar surface area (TPSA) is 52.7 Å². The number of aryl methyl sites for hydroxylation is 1. The van der Waals surface area contributed by atoms with Crippen LogP contribution in [0.4, 0.5) is 5.69 Å². The minimum absolute atomic E-state index is 0.0344. The molecule has 0 atom stereocenters. The molecule has 0 unspecified atom stereocenters. The van der Waals surface area contributed by atoms with E-state index in [-0.39, 0.29) is 11.8 Å². The van der Waals surface area contributed by atoms with Gasteiger partial charge in [-0.25, -0.2) is 0 Å². The zero-order valence-electron chi connectivity index (χ0n) is 16.3. The summed E-state index contributed by atoms with van der Waals surface area (Å²) < 4.78 is 0. The number of piperazine rings is 1. The maximum absolute atomic E-state index is 13.0. The van der Waals surface area contributed by atoms with Crippen molar-refractivity contribution in [2.24, 2.45) is 5.41 Å². The molecule has 1 saturated heterocycles. The van der Waals surface area contributed by atoms with E-state index in [9.17, 15) is 9.59 Å². The van der Waals surface area contributed by atoms with Crippen molar-refractivity contribution in [1.82, 2.24) is 10.2 Å². The number of nitrogens with zero attached hydrogens (tertiary/aromatic N) is 2. The van der Waals surface area contributed by atoms with Crippen molar-refractivity contribution < 1.29 is 9.59 Å². The van der Waals surface area contributed by atoms with Gasteiger partial charge in [-0.05, 0) is 50.3 Å². The van der Waals surface area contributed by atoms with Crippen LogP contribution in [0.15, 0.2) is 18.2 Å². The summed E-state index contributed by atoms with van der Waals surface area (Å²) in [6.07, 6.45) is 3.40. The molecule has 26 heavy (non-hydrogen) atoms. The third-order valence-electron chi connectivity index (χ3n) is 5.89. The Balaban J connectivity index is 1.58. The number of anilines is 1. The number of rotatable bonds is 6. The van der Waals surface area contributed by atoms with Crippen LogP contribution < -0.4 is 10.2 Å². The van der Waals surface area contributed by atoms with Crippen LogP contribution in [0.3, 0.4) is 0 Å². The Labute approximate surface area is 156 Å². The van der Waals surface area contributed by atoms with Gasteiger partial charge in [0.1, 0.15) is 5.41 Å². The van der Waals surface area contributed by atoms with E-state index in [1.54, 1.807) is 0 Å². The first-order valence-corrected chi connectivity index (χ1v) is 9.88. The fourth-order valence-electron chi connectivity index (χ4n) is 3.74. The average Bonchev–Trinajstić information content (AvgIpc) is 3.46. The number of benzene rings is 1. The molecule has 2 fully saturated rings. The van der Waals surface area contributed by atoms with Crippen LogP contribution in [0.2, 0.25) is 0 Å². The molecule has 2 amide bonds. The molecule has 0 bridgehead atoms. The van der Waals surface area contributed by atoms with Crippen molar-refractivity contribution in [3.63, 3.8) is 0 Å². The zero-order chi connectivity index (χ0) is 18.7. The predicted octanol–water partition coefficient (Wildman–Crippen LogP) is 2.65. The van der Waals surface area contributed by atoms with Gasteiger partial charge in [0, 0.05) is 38.4 Å². The van der Waals surface area contributed by atoms with Crippen LogP contribution in [-0.2, 0) is 9.59 Å². The first-order chi connectivity index (χ1) is 12.5. The van der Waals surface area contributed by atoms with E-state index in [0.717, 1.165) is 25.9 Å². The van der Waals surface area contributed by atoms with Gasteiger partial charge < -0.3 is 15.1 Å². The van der Waals surface area contributed by atoms with Gasteiger partial charge >= 0.3 is 0 Å². The third kappa shape index (κ3) is 3.57. The van der Waals surface area contributed by atoms with Gasteiger partial charge in [-0.2, -0.15) is 0 Å². The second-order valence-corrected chi connectivity index (χ2v) is 7.69. The largest absolute Gasteiger partial charge is 0.368 e. The van der Waals surface area contributed by atoms with Crippen LogP contribution in [0.5, 0.6) is 0 Å². The molecule has 0 spiro atoms. The molecule has 5 heteroatoms. The lowest BCUT2D eigenvalue weighted by molar-refractivity contribution is -0.144. The van der Waals surface area contributed by atoms with Crippen LogP contribution in [0, 0.1) is 19.3 Å².